The van der Waals surface area contributed by atoms with Gasteiger partial charge in [-0.25, -0.2) is 4.98 Å². The Hall–Kier alpha value is -4.14. The molecule has 0 aliphatic carbocycles. The minimum atomic E-state index is -0.462. The molecule has 0 saturated carbocycles. The highest BCUT2D eigenvalue weighted by Gasteiger charge is 2.15. The maximum Gasteiger partial charge on any atom is 0.269 e. The summed E-state index contributed by atoms with van der Waals surface area (Å²) in [4.78, 5) is 27.2. The van der Waals surface area contributed by atoms with Crippen LogP contribution in [0.15, 0.2) is 60.8 Å². The number of pyridine rings is 1. The van der Waals surface area contributed by atoms with Crippen molar-refractivity contribution in [2.24, 2.45) is 0 Å². The molecule has 1 aliphatic rings. The normalized spacial score (nSPS) is 11.7. The SMILES string of the molecule is O=C(NCc1ccc([N+](=O)[O-])cc1)c1cccnc1NCc1ccc2c(c1)OCO2. The van der Waals surface area contributed by atoms with E-state index in [4.69, 9.17) is 9.47 Å². The summed E-state index contributed by atoms with van der Waals surface area (Å²) in [5.74, 6) is 1.56. The Morgan fingerprint density at radius 3 is 2.60 bits per heavy atom. The average Bonchev–Trinajstić information content (AvgIpc) is 3.24. The molecule has 30 heavy (non-hydrogen) atoms. The molecule has 1 aromatic heterocycles. The summed E-state index contributed by atoms with van der Waals surface area (Å²) in [6.07, 6.45) is 1.61. The van der Waals surface area contributed by atoms with Gasteiger partial charge in [-0.15, -0.1) is 0 Å². The quantitative estimate of drug-likeness (QED) is 0.457. The third-order valence-electron chi connectivity index (χ3n) is 4.55. The number of amides is 1. The van der Waals surface area contributed by atoms with Gasteiger partial charge in [-0.1, -0.05) is 18.2 Å². The number of carbonyl (C=O) groups excluding carboxylic acids is 1. The van der Waals surface area contributed by atoms with E-state index >= 15 is 0 Å². The number of benzene rings is 2. The second-order valence-electron chi connectivity index (χ2n) is 6.55. The fourth-order valence-corrected chi connectivity index (χ4v) is 2.98. The maximum atomic E-state index is 12.6. The first-order chi connectivity index (χ1) is 14.6. The van der Waals surface area contributed by atoms with Crippen LogP contribution in [0, 0.1) is 10.1 Å². The van der Waals surface area contributed by atoms with E-state index in [1.807, 2.05) is 18.2 Å². The van der Waals surface area contributed by atoms with E-state index in [0.717, 1.165) is 11.1 Å². The number of fused-ring (bicyclic) bond motifs is 1. The van der Waals surface area contributed by atoms with E-state index in [9.17, 15) is 14.9 Å². The number of aromatic nitrogens is 1. The summed E-state index contributed by atoms with van der Waals surface area (Å²) in [6.45, 7) is 0.912. The summed E-state index contributed by atoms with van der Waals surface area (Å²) in [7, 11) is 0. The largest absolute Gasteiger partial charge is 0.454 e. The van der Waals surface area contributed by atoms with Crippen molar-refractivity contribution in [1.82, 2.24) is 10.3 Å². The van der Waals surface area contributed by atoms with E-state index in [1.54, 1.807) is 30.5 Å². The van der Waals surface area contributed by atoms with Gasteiger partial charge in [-0.2, -0.15) is 0 Å². The van der Waals surface area contributed by atoms with Crippen molar-refractivity contribution in [3.05, 3.63) is 87.6 Å². The van der Waals surface area contributed by atoms with Gasteiger partial charge in [0.05, 0.1) is 10.5 Å². The lowest BCUT2D eigenvalue weighted by Gasteiger charge is -2.12. The topological polar surface area (TPSA) is 116 Å². The molecule has 2 aromatic carbocycles. The first kappa shape index (κ1) is 19.2. The van der Waals surface area contributed by atoms with Crippen LogP contribution < -0.4 is 20.1 Å². The molecule has 0 atom stereocenters. The molecule has 1 aliphatic heterocycles. The van der Waals surface area contributed by atoms with E-state index in [2.05, 4.69) is 15.6 Å². The molecular formula is C21H18N4O5. The standard InChI is InChI=1S/C21H18N4O5/c26-21(24-11-14-3-6-16(7-4-14)25(27)28)17-2-1-9-22-20(17)23-12-15-5-8-18-19(10-15)30-13-29-18/h1-10H,11-13H2,(H,22,23)(H,24,26). The van der Waals surface area contributed by atoms with Crippen LogP contribution in [0.1, 0.15) is 21.5 Å². The van der Waals surface area contributed by atoms with Crippen LogP contribution in [0.2, 0.25) is 0 Å². The van der Waals surface area contributed by atoms with Crippen LogP contribution in [0.25, 0.3) is 0 Å². The van der Waals surface area contributed by atoms with Gasteiger partial charge >= 0.3 is 0 Å². The minimum absolute atomic E-state index is 0.00680. The third kappa shape index (κ3) is 4.30. The van der Waals surface area contributed by atoms with Crippen LogP contribution in [-0.2, 0) is 13.1 Å². The predicted octanol–water partition coefficient (Wildman–Crippen LogP) is 3.26. The fourth-order valence-electron chi connectivity index (χ4n) is 2.98. The number of nitro groups is 1. The van der Waals surface area contributed by atoms with E-state index in [0.29, 0.717) is 29.4 Å². The summed E-state index contributed by atoms with van der Waals surface area (Å²) in [6, 6.07) is 15.0. The highest BCUT2D eigenvalue weighted by Crippen LogP contribution is 2.32. The van der Waals surface area contributed by atoms with Gasteiger partial charge in [0.25, 0.3) is 11.6 Å². The highest BCUT2D eigenvalue weighted by atomic mass is 16.7. The number of nitrogens with zero attached hydrogens (tertiary/aromatic N) is 2. The second-order valence-corrected chi connectivity index (χ2v) is 6.55. The van der Waals surface area contributed by atoms with Crippen molar-refractivity contribution in [1.29, 1.82) is 0 Å². The zero-order valence-electron chi connectivity index (χ0n) is 15.8. The van der Waals surface area contributed by atoms with Crippen LogP contribution in [0.3, 0.4) is 0 Å². The van der Waals surface area contributed by atoms with Gasteiger partial charge < -0.3 is 20.1 Å². The molecular weight excluding hydrogens is 388 g/mol. The molecule has 0 fully saturated rings. The number of hydrogen-bond donors (Lipinski definition) is 2. The number of ether oxygens (including phenoxy) is 2. The zero-order chi connectivity index (χ0) is 20.9. The molecule has 0 saturated heterocycles. The van der Waals surface area contributed by atoms with Gasteiger partial charge in [-0.05, 0) is 35.4 Å². The van der Waals surface area contributed by atoms with Gasteiger partial charge in [0.1, 0.15) is 5.82 Å². The van der Waals surface area contributed by atoms with Gasteiger partial charge in [0.2, 0.25) is 6.79 Å². The van der Waals surface area contributed by atoms with Crippen molar-refractivity contribution in [2.45, 2.75) is 13.1 Å². The van der Waals surface area contributed by atoms with E-state index < -0.39 is 4.92 Å². The summed E-state index contributed by atoms with van der Waals surface area (Å²) in [5.41, 5.74) is 2.13. The molecule has 4 rings (SSSR count). The number of nitrogens with one attached hydrogen (secondary N) is 2. The van der Waals surface area contributed by atoms with E-state index in [-0.39, 0.29) is 24.9 Å². The molecule has 1 amide bonds. The fraction of sp³-hybridized carbons (Fsp3) is 0.143. The summed E-state index contributed by atoms with van der Waals surface area (Å²) >= 11 is 0. The van der Waals surface area contributed by atoms with Gasteiger partial charge in [-0.3, -0.25) is 14.9 Å². The predicted molar refractivity (Wildman–Crippen MR) is 108 cm³/mol. The molecule has 0 radical (unpaired) electrons. The summed E-state index contributed by atoms with van der Waals surface area (Å²) < 4.78 is 10.7. The van der Waals surface area contributed by atoms with Crippen LogP contribution in [0.5, 0.6) is 11.5 Å². The Bertz CT molecular complexity index is 1090. The smallest absolute Gasteiger partial charge is 0.269 e. The summed E-state index contributed by atoms with van der Waals surface area (Å²) in [5, 5.41) is 16.7. The Labute approximate surface area is 171 Å². The number of hydrogen-bond acceptors (Lipinski definition) is 7. The van der Waals surface area contributed by atoms with Crippen LogP contribution in [-0.4, -0.2) is 22.6 Å². The molecule has 0 bridgehead atoms. The zero-order valence-corrected chi connectivity index (χ0v) is 15.8. The van der Waals surface area contributed by atoms with Crippen LogP contribution >= 0.6 is 0 Å². The lowest BCUT2D eigenvalue weighted by atomic mass is 10.1. The van der Waals surface area contributed by atoms with Crippen molar-refractivity contribution in [3.63, 3.8) is 0 Å². The lowest BCUT2D eigenvalue weighted by molar-refractivity contribution is -0.384. The van der Waals surface area contributed by atoms with Crippen LogP contribution in [0.4, 0.5) is 11.5 Å². The molecule has 2 N–H and O–H groups in total. The average molecular weight is 406 g/mol. The first-order valence-corrected chi connectivity index (χ1v) is 9.19. The maximum absolute atomic E-state index is 12.6. The molecule has 2 heterocycles. The van der Waals surface area contributed by atoms with Gasteiger partial charge in [0, 0.05) is 31.4 Å². The molecule has 9 heteroatoms. The van der Waals surface area contributed by atoms with E-state index in [1.165, 1.54) is 12.1 Å². The molecule has 0 unspecified atom stereocenters. The van der Waals surface area contributed by atoms with Crippen molar-refractivity contribution >= 4 is 17.4 Å². The Balaban J connectivity index is 1.39. The highest BCUT2D eigenvalue weighted by molar-refractivity contribution is 5.98. The third-order valence-corrected chi connectivity index (χ3v) is 4.55. The van der Waals surface area contributed by atoms with Crippen molar-refractivity contribution in [3.8, 4) is 11.5 Å². The Morgan fingerprint density at radius 1 is 1.03 bits per heavy atom. The Morgan fingerprint density at radius 2 is 1.80 bits per heavy atom. The molecule has 152 valence electrons. The number of carbonyl (C=O) groups is 1. The monoisotopic (exact) mass is 406 g/mol. The van der Waals surface area contributed by atoms with Crippen molar-refractivity contribution < 1.29 is 19.2 Å². The molecule has 3 aromatic rings. The molecule has 9 nitrogen and oxygen atoms in total. The number of rotatable bonds is 7. The first-order valence-electron chi connectivity index (χ1n) is 9.19. The number of anilines is 1. The van der Waals surface area contributed by atoms with Gasteiger partial charge in [0.15, 0.2) is 11.5 Å². The number of non-ortho nitro benzene ring substituents is 1. The number of nitro benzene ring substituents is 1. The molecule has 0 spiro atoms. The van der Waals surface area contributed by atoms with Crippen molar-refractivity contribution in [2.75, 3.05) is 12.1 Å². The second kappa shape index (κ2) is 8.48. The Kier molecular flexibility index (Phi) is 5.42. The lowest BCUT2D eigenvalue weighted by Crippen LogP contribution is -2.24. The minimum Gasteiger partial charge on any atom is -0.454 e.